The Kier molecular flexibility index (Phi) is 7.75. The van der Waals surface area contributed by atoms with Crippen LogP contribution in [0.3, 0.4) is 0 Å². The Morgan fingerprint density at radius 3 is 2.68 bits per heavy atom. The normalized spacial score (nSPS) is 15.2. The first-order valence-corrected chi connectivity index (χ1v) is 10.0. The van der Waals surface area contributed by atoms with Crippen LogP contribution in [0.2, 0.25) is 0 Å². The Bertz CT molecular complexity index is 601. The minimum absolute atomic E-state index is 0.00498. The standard InChI is InChI=1S/C19H27FN2O2S/c1-3-25-11-8-18(23)22-9-6-16(7-10-22)19(24)21-13-15-5-4-14(2)17(20)12-15/h4-5,12,16H,3,6-11,13H2,1-2H3,(H,21,24). The summed E-state index contributed by atoms with van der Waals surface area (Å²) < 4.78 is 13.5. The fourth-order valence-electron chi connectivity index (χ4n) is 2.93. The number of nitrogens with zero attached hydrogens (tertiary/aromatic N) is 1. The number of nitrogens with one attached hydrogen (secondary N) is 1. The Hall–Kier alpha value is -1.56. The highest BCUT2D eigenvalue weighted by molar-refractivity contribution is 7.99. The second kappa shape index (κ2) is 9.80. The van der Waals surface area contributed by atoms with Gasteiger partial charge in [-0.3, -0.25) is 9.59 Å². The van der Waals surface area contributed by atoms with Gasteiger partial charge >= 0.3 is 0 Å². The zero-order valence-electron chi connectivity index (χ0n) is 15.0. The minimum atomic E-state index is -0.250. The summed E-state index contributed by atoms with van der Waals surface area (Å²) in [6.07, 6.45) is 1.97. The number of halogens is 1. The highest BCUT2D eigenvalue weighted by atomic mass is 32.2. The summed E-state index contributed by atoms with van der Waals surface area (Å²) in [5.74, 6) is 1.76. The van der Waals surface area contributed by atoms with E-state index in [1.165, 1.54) is 6.07 Å². The molecule has 0 aromatic heterocycles. The van der Waals surface area contributed by atoms with Gasteiger partial charge in [-0.25, -0.2) is 4.39 Å². The molecule has 1 aromatic carbocycles. The van der Waals surface area contributed by atoms with E-state index in [1.54, 1.807) is 24.8 Å². The fraction of sp³-hybridized carbons (Fsp3) is 0.579. The van der Waals surface area contributed by atoms with Crippen LogP contribution in [0.5, 0.6) is 0 Å². The maximum atomic E-state index is 13.5. The molecule has 0 bridgehead atoms. The Balaban J connectivity index is 1.73. The van der Waals surface area contributed by atoms with Crippen molar-refractivity contribution < 1.29 is 14.0 Å². The lowest BCUT2D eigenvalue weighted by Crippen LogP contribution is -2.43. The number of benzene rings is 1. The first-order valence-electron chi connectivity index (χ1n) is 8.89. The zero-order valence-corrected chi connectivity index (χ0v) is 15.8. The lowest BCUT2D eigenvalue weighted by Gasteiger charge is -2.31. The van der Waals surface area contributed by atoms with Crippen LogP contribution in [0.4, 0.5) is 4.39 Å². The number of hydrogen-bond donors (Lipinski definition) is 1. The summed E-state index contributed by atoms with van der Waals surface area (Å²) in [4.78, 5) is 26.3. The van der Waals surface area contributed by atoms with Gasteiger partial charge < -0.3 is 10.2 Å². The molecule has 0 saturated carbocycles. The second-order valence-electron chi connectivity index (χ2n) is 6.40. The maximum absolute atomic E-state index is 13.5. The van der Waals surface area contributed by atoms with Crippen LogP contribution in [-0.2, 0) is 16.1 Å². The van der Waals surface area contributed by atoms with Gasteiger partial charge in [0, 0.05) is 37.7 Å². The summed E-state index contributed by atoms with van der Waals surface area (Å²) in [7, 11) is 0. The van der Waals surface area contributed by atoms with Crippen LogP contribution < -0.4 is 5.32 Å². The number of piperidine rings is 1. The number of carbonyl (C=O) groups excluding carboxylic acids is 2. The van der Waals surface area contributed by atoms with Gasteiger partial charge in [0.1, 0.15) is 5.82 Å². The van der Waals surface area contributed by atoms with Crippen molar-refractivity contribution >= 4 is 23.6 Å². The van der Waals surface area contributed by atoms with Gasteiger partial charge in [0.25, 0.3) is 0 Å². The van der Waals surface area contributed by atoms with E-state index in [0.29, 0.717) is 44.5 Å². The van der Waals surface area contributed by atoms with E-state index >= 15 is 0 Å². The molecule has 0 aliphatic carbocycles. The highest BCUT2D eigenvalue weighted by Gasteiger charge is 2.26. The largest absolute Gasteiger partial charge is 0.352 e. The average molecular weight is 367 g/mol. The van der Waals surface area contributed by atoms with Gasteiger partial charge in [0.15, 0.2) is 0 Å². The first-order chi connectivity index (χ1) is 12.0. The molecule has 4 nitrogen and oxygen atoms in total. The predicted molar refractivity (Wildman–Crippen MR) is 99.9 cm³/mol. The van der Waals surface area contributed by atoms with Crippen molar-refractivity contribution in [3.63, 3.8) is 0 Å². The van der Waals surface area contributed by atoms with E-state index in [9.17, 15) is 14.0 Å². The van der Waals surface area contributed by atoms with Crippen molar-refractivity contribution in [2.45, 2.75) is 39.7 Å². The molecule has 0 atom stereocenters. The second-order valence-corrected chi connectivity index (χ2v) is 7.80. The predicted octanol–water partition coefficient (Wildman–Crippen LogP) is 3.13. The third-order valence-corrected chi connectivity index (χ3v) is 5.49. The molecule has 1 fully saturated rings. The summed E-state index contributed by atoms with van der Waals surface area (Å²) in [5, 5.41) is 2.89. The van der Waals surface area contributed by atoms with E-state index in [2.05, 4.69) is 12.2 Å². The van der Waals surface area contributed by atoms with Crippen LogP contribution in [-0.4, -0.2) is 41.3 Å². The van der Waals surface area contributed by atoms with Crippen molar-refractivity contribution in [3.8, 4) is 0 Å². The van der Waals surface area contributed by atoms with Crippen molar-refractivity contribution in [2.75, 3.05) is 24.6 Å². The van der Waals surface area contributed by atoms with Gasteiger partial charge in [-0.1, -0.05) is 19.1 Å². The molecule has 0 spiro atoms. The zero-order chi connectivity index (χ0) is 18.2. The molecule has 2 amide bonds. The van der Waals surface area contributed by atoms with Gasteiger partial charge in [-0.15, -0.1) is 0 Å². The van der Waals surface area contributed by atoms with Gasteiger partial charge in [-0.2, -0.15) is 11.8 Å². The lowest BCUT2D eigenvalue weighted by atomic mass is 9.95. The molecule has 138 valence electrons. The van der Waals surface area contributed by atoms with Crippen molar-refractivity contribution in [3.05, 3.63) is 35.1 Å². The number of thioether (sulfide) groups is 1. The van der Waals surface area contributed by atoms with Crippen LogP contribution in [0, 0.1) is 18.7 Å². The fourth-order valence-corrected chi connectivity index (χ4v) is 3.54. The molecule has 25 heavy (non-hydrogen) atoms. The van der Waals surface area contributed by atoms with Crippen molar-refractivity contribution in [1.29, 1.82) is 0 Å². The smallest absolute Gasteiger partial charge is 0.223 e. The summed E-state index contributed by atoms with van der Waals surface area (Å²) in [6.45, 7) is 5.43. The van der Waals surface area contributed by atoms with Crippen molar-refractivity contribution in [1.82, 2.24) is 10.2 Å². The first kappa shape index (κ1) is 19.8. The molecule has 1 saturated heterocycles. The van der Waals surface area contributed by atoms with E-state index in [1.807, 2.05) is 11.0 Å². The van der Waals surface area contributed by atoms with Gasteiger partial charge in [0.2, 0.25) is 11.8 Å². The SMILES string of the molecule is CCSCCC(=O)N1CCC(C(=O)NCc2ccc(C)c(F)c2)CC1. The topological polar surface area (TPSA) is 49.4 Å². The molecule has 1 aliphatic heterocycles. The molecular weight excluding hydrogens is 339 g/mol. The molecule has 1 heterocycles. The third-order valence-electron chi connectivity index (χ3n) is 4.59. The maximum Gasteiger partial charge on any atom is 0.223 e. The van der Waals surface area contributed by atoms with Crippen LogP contribution in [0.25, 0.3) is 0 Å². The number of aryl methyl sites for hydroxylation is 1. The molecule has 1 N–H and O–H groups in total. The van der Waals surface area contributed by atoms with E-state index in [4.69, 9.17) is 0 Å². The minimum Gasteiger partial charge on any atom is -0.352 e. The number of carbonyl (C=O) groups is 2. The number of hydrogen-bond acceptors (Lipinski definition) is 3. The molecule has 2 rings (SSSR count). The lowest BCUT2D eigenvalue weighted by molar-refractivity contribution is -0.135. The molecule has 6 heteroatoms. The molecule has 0 unspecified atom stereocenters. The Labute approximate surface area is 153 Å². The molecule has 1 aliphatic rings. The average Bonchev–Trinajstić information content (AvgIpc) is 2.62. The number of amides is 2. The summed E-state index contributed by atoms with van der Waals surface area (Å²) in [6, 6.07) is 5.01. The van der Waals surface area contributed by atoms with Crippen molar-refractivity contribution in [2.24, 2.45) is 5.92 Å². The van der Waals surface area contributed by atoms with Crippen LogP contribution in [0.15, 0.2) is 18.2 Å². The Morgan fingerprint density at radius 1 is 1.32 bits per heavy atom. The van der Waals surface area contributed by atoms with Crippen LogP contribution >= 0.6 is 11.8 Å². The molecule has 1 aromatic rings. The highest BCUT2D eigenvalue weighted by Crippen LogP contribution is 2.19. The van der Waals surface area contributed by atoms with E-state index < -0.39 is 0 Å². The monoisotopic (exact) mass is 366 g/mol. The summed E-state index contributed by atoms with van der Waals surface area (Å²) in [5.41, 5.74) is 1.36. The van der Waals surface area contributed by atoms with E-state index in [-0.39, 0.29) is 23.5 Å². The third kappa shape index (κ3) is 6.03. The van der Waals surface area contributed by atoms with Crippen LogP contribution in [0.1, 0.15) is 37.3 Å². The van der Waals surface area contributed by atoms with Gasteiger partial charge in [-0.05, 0) is 42.7 Å². The molecular formula is C19H27FN2O2S. The number of likely N-dealkylation sites (tertiary alicyclic amines) is 1. The summed E-state index contributed by atoms with van der Waals surface area (Å²) >= 11 is 1.77. The van der Waals surface area contributed by atoms with E-state index in [0.717, 1.165) is 17.1 Å². The Morgan fingerprint density at radius 2 is 2.04 bits per heavy atom. The number of rotatable bonds is 7. The quantitative estimate of drug-likeness (QED) is 0.754. The van der Waals surface area contributed by atoms with Gasteiger partial charge in [0.05, 0.1) is 0 Å². The molecule has 0 radical (unpaired) electrons.